The number of nitrogens with zero attached hydrogens (tertiary/aromatic N) is 3. The molecule has 2 N–H and O–H groups in total. The summed E-state index contributed by atoms with van der Waals surface area (Å²) in [5.41, 5.74) is 10.0. The van der Waals surface area contributed by atoms with Gasteiger partial charge < -0.3 is 10.2 Å². The van der Waals surface area contributed by atoms with Crippen LogP contribution in [0, 0.1) is 6.92 Å². The van der Waals surface area contributed by atoms with Crippen molar-refractivity contribution in [2.75, 3.05) is 0 Å². The SMILES string of the molecule is Cc1ccc(-c2nnc(CN3Cc4ccccc4C[C@H]3C(N)=O)o2)cc1. The highest BCUT2D eigenvalue weighted by Gasteiger charge is 2.31. The molecule has 0 saturated carbocycles. The zero-order valence-electron chi connectivity index (χ0n) is 14.6. The first-order valence-corrected chi connectivity index (χ1v) is 8.60. The Hall–Kier alpha value is -2.99. The predicted molar refractivity (Wildman–Crippen MR) is 96.8 cm³/mol. The molecule has 6 nitrogen and oxygen atoms in total. The number of hydrogen-bond acceptors (Lipinski definition) is 5. The van der Waals surface area contributed by atoms with Crippen molar-refractivity contribution in [3.05, 3.63) is 71.1 Å². The molecular formula is C20H20N4O2. The second-order valence-electron chi connectivity index (χ2n) is 6.66. The molecular weight excluding hydrogens is 328 g/mol. The zero-order chi connectivity index (χ0) is 18.1. The number of carbonyl (C=O) groups excluding carboxylic acids is 1. The Balaban J connectivity index is 1.56. The Morgan fingerprint density at radius 3 is 2.62 bits per heavy atom. The summed E-state index contributed by atoms with van der Waals surface area (Å²) in [5, 5.41) is 8.28. The molecule has 2 aromatic carbocycles. The monoisotopic (exact) mass is 348 g/mol. The summed E-state index contributed by atoms with van der Waals surface area (Å²) in [6.07, 6.45) is 0.602. The van der Waals surface area contributed by atoms with E-state index in [0.29, 0.717) is 31.3 Å². The number of primary amides is 1. The van der Waals surface area contributed by atoms with Crippen LogP contribution in [0.4, 0.5) is 0 Å². The minimum Gasteiger partial charge on any atom is -0.419 e. The number of aromatic nitrogens is 2. The van der Waals surface area contributed by atoms with Crippen LogP contribution < -0.4 is 5.73 Å². The summed E-state index contributed by atoms with van der Waals surface area (Å²) in [5.74, 6) is 0.622. The molecule has 1 atom stereocenters. The van der Waals surface area contributed by atoms with Gasteiger partial charge in [-0.1, -0.05) is 42.0 Å². The number of benzene rings is 2. The topological polar surface area (TPSA) is 85.3 Å². The molecule has 0 aliphatic carbocycles. The van der Waals surface area contributed by atoms with Gasteiger partial charge in [-0.3, -0.25) is 9.69 Å². The third-order valence-corrected chi connectivity index (χ3v) is 4.78. The van der Waals surface area contributed by atoms with Crippen LogP contribution in [0.3, 0.4) is 0 Å². The molecule has 1 amide bonds. The maximum absolute atomic E-state index is 11.9. The molecule has 0 spiro atoms. The summed E-state index contributed by atoms with van der Waals surface area (Å²) in [4.78, 5) is 13.9. The highest BCUT2D eigenvalue weighted by molar-refractivity contribution is 5.80. The van der Waals surface area contributed by atoms with Crippen LogP contribution in [-0.2, 0) is 24.3 Å². The fourth-order valence-corrected chi connectivity index (χ4v) is 3.33. The van der Waals surface area contributed by atoms with Crippen molar-refractivity contribution in [2.45, 2.75) is 32.5 Å². The number of rotatable bonds is 4. The first kappa shape index (κ1) is 16.5. The standard InChI is InChI=1S/C20H20N4O2/c1-13-6-8-14(9-7-13)20-23-22-18(26-20)12-24-11-16-5-3-2-4-15(16)10-17(24)19(21)25/h2-9,17H,10-12H2,1H3,(H2,21,25)/t17-/m0/s1. The van der Waals surface area contributed by atoms with Gasteiger partial charge >= 0.3 is 0 Å². The number of fused-ring (bicyclic) bond motifs is 1. The summed E-state index contributed by atoms with van der Waals surface area (Å²) >= 11 is 0. The van der Waals surface area contributed by atoms with Gasteiger partial charge in [-0.25, -0.2) is 0 Å². The van der Waals surface area contributed by atoms with Crippen molar-refractivity contribution in [3.63, 3.8) is 0 Å². The number of aryl methyl sites for hydroxylation is 1. The van der Waals surface area contributed by atoms with E-state index in [1.165, 1.54) is 16.7 Å². The van der Waals surface area contributed by atoms with E-state index in [4.69, 9.17) is 10.2 Å². The quantitative estimate of drug-likeness (QED) is 0.783. The van der Waals surface area contributed by atoms with Gasteiger partial charge in [-0.15, -0.1) is 10.2 Å². The fraction of sp³-hybridized carbons (Fsp3) is 0.250. The second kappa shape index (κ2) is 6.72. The first-order valence-electron chi connectivity index (χ1n) is 8.60. The number of nitrogens with two attached hydrogens (primary N) is 1. The summed E-state index contributed by atoms with van der Waals surface area (Å²) in [6, 6.07) is 15.7. The van der Waals surface area contributed by atoms with E-state index in [-0.39, 0.29) is 11.9 Å². The van der Waals surface area contributed by atoms with Gasteiger partial charge in [0.05, 0.1) is 12.6 Å². The van der Waals surface area contributed by atoms with E-state index in [2.05, 4.69) is 16.3 Å². The lowest BCUT2D eigenvalue weighted by Crippen LogP contribution is -2.48. The van der Waals surface area contributed by atoms with Crippen LogP contribution >= 0.6 is 0 Å². The van der Waals surface area contributed by atoms with Gasteiger partial charge in [0.15, 0.2) is 0 Å². The normalized spacial score (nSPS) is 17.0. The molecule has 132 valence electrons. The Kier molecular flexibility index (Phi) is 4.26. The molecule has 6 heteroatoms. The maximum Gasteiger partial charge on any atom is 0.247 e. The third-order valence-electron chi connectivity index (χ3n) is 4.78. The average molecular weight is 348 g/mol. The van der Waals surface area contributed by atoms with E-state index in [1.807, 2.05) is 54.3 Å². The van der Waals surface area contributed by atoms with E-state index >= 15 is 0 Å². The van der Waals surface area contributed by atoms with Crippen LogP contribution in [0.15, 0.2) is 52.9 Å². The van der Waals surface area contributed by atoms with Gasteiger partial charge in [0.2, 0.25) is 17.7 Å². The number of amides is 1. The lowest BCUT2D eigenvalue weighted by molar-refractivity contribution is -0.124. The smallest absolute Gasteiger partial charge is 0.247 e. The highest BCUT2D eigenvalue weighted by Crippen LogP contribution is 2.25. The van der Waals surface area contributed by atoms with Crippen LogP contribution in [0.2, 0.25) is 0 Å². The molecule has 1 aromatic heterocycles. The predicted octanol–water partition coefficient (Wildman–Crippen LogP) is 2.46. The van der Waals surface area contributed by atoms with Crippen molar-refractivity contribution in [2.24, 2.45) is 5.73 Å². The van der Waals surface area contributed by atoms with Gasteiger partial charge in [0.1, 0.15) is 0 Å². The minimum absolute atomic E-state index is 0.335. The molecule has 0 radical (unpaired) electrons. The molecule has 2 heterocycles. The summed E-state index contributed by atoms with van der Waals surface area (Å²) < 4.78 is 5.81. The van der Waals surface area contributed by atoms with Crippen LogP contribution in [0.1, 0.15) is 22.6 Å². The Bertz CT molecular complexity index is 933. The van der Waals surface area contributed by atoms with Crippen LogP contribution in [-0.4, -0.2) is 27.0 Å². The molecule has 1 aliphatic rings. The van der Waals surface area contributed by atoms with E-state index in [9.17, 15) is 4.79 Å². The van der Waals surface area contributed by atoms with E-state index in [0.717, 1.165) is 5.56 Å². The number of carbonyl (C=O) groups is 1. The van der Waals surface area contributed by atoms with Crippen molar-refractivity contribution >= 4 is 5.91 Å². The number of hydrogen-bond donors (Lipinski definition) is 1. The minimum atomic E-state index is -0.375. The highest BCUT2D eigenvalue weighted by atomic mass is 16.4. The van der Waals surface area contributed by atoms with Crippen LogP contribution in [0.5, 0.6) is 0 Å². The zero-order valence-corrected chi connectivity index (χ0v) is 14.6. The van der Waals surface area contributed by atoms with E-state index in [1.54, 1.807) is 0 Å². The Morgan fingerprint density at radius 2 is 1.88 bits per heavy atom. The maximum atomic E-state index is 11.9. The average Bonchev–Trinajstić information content (AvgIpc) is 3.10. The van der Waals surface area contributed by atoms with Gasteiger partial charge in [0, 0.05) is 12.1 Å². The van der Waals surface area contributed by atoms with Gasteiger partial charge in [0.25, 0.3) is 0 Å². The van der Waals surface area contributed by atoms with E-state index < -0.39 is 0 Å². The van der Waals surface area contributed by atoms with Crippen LogP contribution in [0.25, 0.3) is 11.5 Å². The summed E-state index contributed by atoms with van der Waals surface area (Å²) in [7, 11) is 0. The molecule has 0 saturated heterocycles. The lowest BCUT2D eigenvalue weighted by atomic mass is 9.93. The molecule has 1 aliphatic heterocycles. The third kappa shape index (κ3) is 3.23. The van der Waals surface area contributed by atoms with Crippen molar-refractivity contribution < 1.29 is 9.21 Å². The molecule has 0 unspecified atom stereocenters. The molecule has 0 bridgehead atoms. The molecule has 0 fully saturated rings. The molecule has 3 aromatic rings. The lowest BCUT2D eigenvalue weighted by Gasteiger charge is -2.33. The van der Waals surface area contributed by atoms with Gasteiger partial charge in [-0.2, -0.15) is 0 Å². The second-order valence-corrected chi connectivity index (χ2v) is 6.66. The first-order chi connectivity index (χ1) is 12.6. The van der Waals surface area contributed by atoms with Crippen molar-refractivity contribution in [3.8, 4) is 11.5 Å². The Morgan fingerprint density at radius 1 is 1.15 bits per heavy atom. The largest absolute Gasteiger partial charge is 0.419 e. The Labute approximate surface area is 151 Å². The molecule has 4 rings (SSSR count). The summed E-state index contributed by atoms with van der Waals surface area (Å²) in [6.45, 7) is 3.05. The molecule has 26 heavy (non-hydrogen) atoms. The fourth-order valence-electron chi connectivity index (χ4n) is 3.33. The van der Waals surface area contributed by atoms with Gasteiger partial charge in [-0.05, 0) is 36.6 Å². The van der Waals surface area contributed by atoms with Crippen molar-refractivity contribution in [1.82, 2.24) is 15.1 Å². The van der Waals surface area contributed by atoms with Crippen molar-refractivity contribution in [1.29, 1.82) is 0 Å².